The molecular formula is C9H10FNO4S. The molecule has 16 heavy (non-hydrogen) atoms. The fourth-order valence-electron chi connectivity index (χ4n) is 1.12. The number of hydrogen-bond donors (Lipinski definition) is 2. The van der Waals surface area contributed by atoms with Crippen LogP contribution in [0.25, 0.3) is 0 Å². The number of rotatable bonds is 4. The third-order valence-electron chi connectivity index (χ3n) is 1.80. The Labute approximate surface area is 92.0 Å². The molecule has 0 atom stereocenters. The van der Waals surface area contributed by atoms with E-state index in [2.05, 4.69) is 4.72 Å². The van der Waals surface area contributed by atoms with E-state index in [1.54, 1.807) is 6.92 Å². The molecule has 0 spiro atoms. The zero-order valence-electron chi connectivity index (χ0n) is 8.40. The summed E-state index contributed by atoms with van der Waals surface area (Å²) in [5, 5.41) is 8.57. The summed E-state index contributed by atoms with van der Waals surface area (Å²) < 4.78 is 38.3. The van der Waals surface area contributed by atoms with Gasteiger partial charge < -0.3 is 5.11 Å². The molecule has 88 valence electrons. The van der Waals surface area contributed by atoms with Crippen LogP contribution in [0.2, 0.25) is 0 Å². The molecule has 5 nitrogen and oxygen atoms in total. The average molecular weight is 247 g/mol. The summed E-state index contributed by atoms with van der Waals surface area (Å²) in [4.78, 5) is 9.95. The molecule has 1 aromatic rings. The lowest BCUT2D eigenvalue weighted by atomic mass is 10.2. The number of carboxylic acid groups (broad SMARTS) is 1. The second kappa shape index (κ2) is 4.58. The molecule has 0 unspecified atom stereocenters. The van der Waals surface area contributed by atoms with Gasteiger partial charge in [0.2, 0.25) is 10.0 Å². The third-order valence-corrected chi connectivity index (χ3v) is 3.38. The first-order valence-corrected chi connectivity index (χ1v) is 5.89. The Hall–Kier alpha value is -1.47. The van der Waals surface area contributed by atoms with E-state index < -0.39 is 26.7 Å². The Balaban J connectivity index is 3.23. The number of sulfonamides is 1. The molecule has 1 rings (SSSR count). The van der Waals surface area contributed by atoms with Gasteiger partial charge in [0.1, 0.15) is 10.7 Å². The van der Waals surface area contributed by atoms with E-state index in [1.165, 1.54) is 0 Å². The summed E-state index contributed by atoms with van der Waals surface area (Å²) in [5.41, 5.74) is -0.298. The Morgan fingerprint density at radius 3 is 2.56 bits per heavy atom. The highest BCUT2D eigenvalue weighted by Crippen LogP contribution is 2.15. The molecular weight excluding hydrogens is 237 g/mol. The lowest BCUT2D eigenvalue weighted by molar-refractivity contribution is 0.0696. The molecule has 2 N–H and O–H groups in total. The van der Waals surface area contributed by atoms with Crippen LogP contribution in [0.4, 0.5) is 4.39 Å². The van der Waals surface area contributed by atoms with Gasteiger partial charge in [0.05, 0.1) is 5.56 Å². The van der Waals surface area contributed by atoms with Crippen LogP contribution in [0.5, 0.6) is 0 Å². The van der Waals surface area contributed by atoms with Crippen molar-refractivity contribution >= 4 is 16.0 Å². The van der Waals surface area contributed by atoms with Crippen LogP contribution in [0.1, 0.15) is 17.3 Å². The zero-order valence-corrected chi connectivity index (χ0v) is 9.21. The fraction of sp³-hybridized carbons (Fsp3) is 0.222. The summed E-state index contributed by atoms with van der Waals surface area (Å²) in [6, 6.07) is 2.64. The Kier molecular flexibility index (Phi) is 3.61. The van der Waals surface area contributed by atoms with Crippen molar-refractivity contribution in [2.75, 3.05) is 6.54 Å². The van der Waals surface area contributed by atoms with Crippen molar-refractivity contribution in [1.82, 2.24) is 4.72 Å². The van der Waals surface area contributed by atoms with Crippen LogP contribution in [0, 0.1) is 5.82 Å². The molecule has 0 radical (unpaired) electrons. The number of carbonyl (C=O) groups is 1. The summed E-state index contributed by atoms with van der Waals surface area (Å²) in [7, 11) is -3.90. The maximum absolute atomic E-state index is 13.3. The van der Waals surface area contributed by atoms with Gasteiger partial charge in [0.25, 0.3) is 0 Å². The van der Waals surface area contributed by atoms with Gasteiger partial charge in [-0.2, -0.15) is 0 Å². The number of halogens is 1. The Morgan fingerprint density at radius 2 is 2.12 bits per heavy atom. The second-order valence-electron chi connectivity index (χ2n) is 2.95. The van der Waals surface area contributed by atoms with Crippen molar-refractivity contribution < 1.29 is 22.7 Å². The van der Waals surface area contributed by atoms with Gasteiger partial charge >= 0.3 is 5.97 Å². The molecule has 0 aliphatic heterocycles. The summed E-state index contributed by atoms with van der Waals surface area (Å²) in [6.07, 6.45) is 0. The fourth-order valence-corrected chi connectivity index (χ4v) is 2.22. The average Bonchev–Trinajstić information content (AvgIpc) is 2.16. The molecule has 0 fully saturated rings. The summed E-state index contributed by atoms with van der Waals surface area (Å²) in [5.74, 6) is -2.40. The SMILES string of the molecule is CCNS(=O)(=O)c1ccc(C(=O)O)cc1F. The second-order valence-corrected chi connectivity index (χ2v) is 4.69. The molecule has 0 bridgehead atoms. The highest BCUT2D eigenvalue weighted by molar-refractivity contribution is 7.89. The van der Waals surface area contributed by atoms with Gasteiger partial charge in [0.15, 0.2) is 0 Å². The van der Waals surface area contributed by atoms with Crippen molar-refractivity contribution in [3.05, 3.63) is 29.6 Å². The minimum atomic E-state index is -3.90. The largest absolute Gasteiger partial charge is 0.478 e. The van der Waals surface area contributed by atoms with Crippen LogP contribution < -0.4 is 4.72 Å². The first kappa shape index (κ1) is 12.6. The van der Waals surface area contributed by atoms with Crippen molar-refractivity contribution in [1.29, 1.82) is 0 Å². The van der Waals surface area contributed by atoms with Gasteiger partial charge in [-0.25, -0.2) is 22.3 Å². The highest BCUT2D eigenvalue weighted by atomic mass is 32.2. The quantitative estimate of drug-likeness (QED) is 0.825. The number of nitrogens with one attached hydrogen (secondary N) is 1. The minimum absolute atomic E-state index is 0.127. The number of aromatic carboxylic acids is 1. The van der Waals surface area contributed by atoms with Gasteiger partial charge in [-0.05, 0) is 18.2 Å². The molecule has 0 amide bonds. The van der Waals surface area contributed by atoms with E-state index in [0.29, 0.717) is 6.07 Å². The highest BCUT2D eigenvalue weighted by Gasteiger charge is 2.19. The first-order chi connectivity index (χ1) is 7.38. The molecule has 0 aromatic heterocycles. The maximum Gasteiger partial charge on any atom is 0.335 e. The van der Waals surface area contributed by atoms with Gasteiger partial charge in [-0.15, -0.1) is 0 Å². The lowest BCUT2D eigenvalue weighted by Crippen LogP contribution is -2.24. The van der Waals surface area contributed by atoms with Crippen molar-refractivity contribution in [3.8, 4) is 0 Å². The van der Waals surface area contributed by atoms with Gasteiger partial charge in [-0.1, -0.05) is 6.92 Å². The smallest absolute Gasteiger partial charge is 0.335 e. The van der Waals surface area contributed by atoms with E-state index in [4.69, 9.17) is 5.11 Å². The first-order valence-electron chi connectivity index (χ1n) is 4.41. The normalized spacial score (nSPS) is 11.4. The Morgan fingerprint density at radius 1 is 1.50 bits per heavy atom. The van der Waals surface area contributed by atoms with Crippen LogP contribution >= 0.6 is 0 Å². The van der Waals surface area contributed by atoms with Crippen LogP contribution in [-0.2, 0) is 10.0 Å². The van der Waals surface area contributed by atoms with Gasteiger partial charge in [-0.3, -0.25) is 0 Å². The van der Waals surface area contributed by atoms with Crippen LogP contribution in [0.3, 0.4) is 0 Å². The van der Waals surface area contributed by atoms with E-state index in [0.717, 1.165) is 12.1 Å². The van der Waals surface area contributed by atoms with Crippen molar-refractivity contribution in [2.45, 2.75) is 11.8 Å². The molecule has 0 aliphatic rings. The monoisotopic (exact) mass is 247 g/mol. The predicted molar refractivity (Wildman–Crippen MR) is 54.2 cm³/mol. The van der Waals surface area contributed by atoms with E-state index in [9.17, 15) is 17.6 Å². The van der Waals surface area contributed by atoms with Crippen molar-refractivity contribution in [2.24, 2.45) is 0 Å². The lowest BCUT2D eigenvalue weighted by Gasteiger charge is -2.05. The summed E-state index contributed by atoms with van der Waals surface area (Å²) in [6.45, 7) is 1.68. The molecule has 0 saturated heterocycles. The number of carboxylic acids is 1. The summed E-state index contributed by atoms with van der Waals surface area (Å²) >= 11 is 0. The van der Waals surface area contributed by atoms with Crippen molar-refractivity contribution in [3.63, 3.8) is 0 Å². The predicted octanol–water partition coefficient (Wildman–Crippen LogP) is 0.822. The number of hydrogen-bond acceptors (Lipinski definition) is 3. The Bertz CT molecular complexity index is 512. The van der Waals surface area contributed by atoms with E-state index >= 15 is 0 Å². The minimum Gasteiger partial charge on any atom is -0.478 e. The molecule has 1 aromatic carbocycles. The van der Waals surface area contributed by atoms with Crippen LogP contribution in [-0.4, -0.2) is 26.0 Å². The number of benzene rings is 1. The standard InChI is InChI=1S/C9H10FNO4S/c1-2-11-16(14,15)8-4-3-6(9(12)13)5-7(8)10/h3-5,11H,2H2,1H3,(H,12,13). The van der Waals surface area contributed by atoms with Crippen LogP contribution in [0.15, 0.2) is 23.1 Å². The molecule has 0 aliphatic carbocycles. The third kappa shape index (κ3) is 2.56. The zero-order chi connectivity index (χ0) is 12.3. The topological polar surface area (TPSA) is 83.5 Å². The molecule has 0 saturated carbocycles. The van der Waals surface area contributed by atoms with E-state index in [-0.39, 0.29) is 12.1 Å². The van der Waals surface area contributed by atoms with E-state index in [1.807, 2.05) is 0 Å². The molecule has 7 heteroatoms. The van der Waals surface area contributed by atoms with Gasteiger partial charge in [0, 0.05) is 6.54 Å². The molecule has 0 heterocycles. The maximum atomic E-state index is 13.3.